The largest absolute Gasteiger partial charge is 0.379 e. The first kappa shape index (κ1) is 28.5. The third-order valence-corrected chi connectivity index (χ3v) is 10.1. The van der Waals surface area contributed by atoms with E-state index < -0.39 is 0 Å². The number of aromatic nitrogens is 1. The van der Waals surface area contributed by atoms with Crippen LogP contribution in [0, 0.1) is 0 Å². The summed E-state index contributed by atoms with van der Waals surface area (Å²) in [5, 5.41) is 6.08. The molecule has 3 aliphatic heterocycles. The first-order valence-corrected chi connectivity index (χ1v) is 16.2. The number of pyridine rings is 1. The van der Waals surface area contributed by atoms with Gasteiger partial charge in [0.1, 0.15) is 5.82 Å². The van der Waals surface area contributed by atoms with E-state index in [-0.39, 0.29) is 35.7 Å². The topological polar surface area (TPSA) is 104 Å². The zero-order chi connectivity index (χ0) is 30.0. The van der Waals surface area contributed by atoms with E-state index in [2.05, 4.69) is 32.7 Å². The molecule has 2 aromatic heterocycles. The first-order chi connectivity index (χ1) is 21.5. The molecule has 3 amide bonds. The van der Waals surface area contributed by atoms with Crippen LogP contribution >= 0.6 is 11.3 Å². The average molecular weight is 610 g/mol. The Morgan fingerprint density at radius 1 is 0.977 bits per heavy atom. The Morgan fingerprint density at radius 2 is 1.80 bits per heavy atom. The molecule has 10 heteroatoms. The van der Waals surface area contributed by atoms with E-state index in [1.54, 1.807) is 42.6 Å². The molecule has 4 aliphatic rings. The predicted octanol–water partition coefficient (Wildman–Crippen LogP) is 4.79. The summed E-state index contributed by atoms with van der Waals surface area (Å²) in [6, 6.07) is 12.6. The summed E-state index contributed by atoms with van der Waals surface area (Å²) in [5.41, 5.74) is 2.85. The van der Waals surface area contributed by atoms with Crippen LogP contribution < -0.4 is 15.5 Å². The Hall–Kier alpha value is -4.28. The first-order valence-electron chi connectivity index (χ1n) is 15.3. The molecular weight excluding hydrogens is 574 g/mol. The number of nitrogens with zero attached hydrogens (tertiary/aromatic N) is 3. The van der Waals surface area contributed by atoms with E-state index in [0.29, 0.717) is 53.7 Å². The zero-order valence-electron chi connectivity index (χ0n) is 24.4. The highest BCUT2D eigenvalue weighted by Crippen LogP contribution is 2.40. The molecule has 44 heavy (non-hydrogen) atoms. The molecule has 9 nitrogen and oxygen atoms in total. The second-order valence-corrected chi connectivity index (χ2v) is 12.8. The third kappa shape index (κ3) is 5.67. The molecule has 2 fully saturated rings. The van der Waals surface area contributed by atoms with Crippen molar-refractivity contribution >= 4 is 40.6 Å². The van der Waals surface area contributed by atoms with Gasteiger partial charge >= 0.3 is 0 Å². The SMILES string of the molecule is O=C(N[C@@H]1CCOC1)c1cc2c(s1)C1C=CC=CC1N(C(=O)c1ccc(NC(=O)c3cccnc3N3CCCC3)cc1)CC2. The van der Waals surface area contributed by atoms with Crippen LogP contribution in [0.5, 0.6) is 0 Å². The van der Waals surface area contributed by atoms with Crippen molar-refractivity contribution in [3.63, 3.8) is 0 Å². The standard InChI is InChI=1S/C34H35N5O4S/c40-32(27-7-5-15-35-31(27)38-16-3-4-17-38)36-24-11-9-22(10-12-24)34(42)39-18-13-23-20-29(33(41)37-25-14-19-43-21-25)44-30(23)26-6-1-2-8-28(26)39/h1-2,5-12,15,20,25-26,28H,3-4,13-14,16-19,21H2,(H,36,40)(H,37,41)/t25-,26?,28?/m1/s1. The molecular formula is C34H35N5O4S. The number of hydrogen-bond donors (Lipinski definition) is 2. The van der Waals surface area contributed by atoms with Crippen LogP contribution in [0.4, 0.5) is 11.5 Å². The summed E-state index contributed by atoms with van der Waals surface area (Å²) in [4.78, 5) is 50.5. The van der Waals surface area contributed by atoms with Gasteiger partial charge in [-0.3, -0.25) is 14.4 Å². The van der Waals surface area contributed by atoms with Crippen molar-refractivity contribution in [3.8, 4) is 0 Å². The van der Waals surface area contributed by atoms with E-state index in [4.69, 9.17) is 4.74 Å². The highest BCUT2D eigenvalue weighted by Gasteiger charge is 2.36. The van der Waals surface area contributed by atoms with Crippen LogP contribution in [-0.4, -0.2) is 72.5 Å². The maximum atomic E-state index is 13.9. The van der Waals surface area contributed by atoms with Gasteiger partial charge in [0.05, 0.1) is 29.1 Å². The molecule has 0 bridgehead atoms. The summed E-state index contributed by atoms with van der Waals surface area (Å²) in [6.07, 6.45) is 13.6. The van der Waals surface area contributed by atoms with E-state index in [9.17, 15) is 14.4 Å². The minimum absolute atomic E-state index is 0.0225. The maximum Gasteiger partial charge on any atom is 0.261 e. The maximum absolute atomic E-state index is 13.9. The molecule has 0 spiro atoms. The normalized spacial score (nSPS) is 22.3. The van der Waals surface area contributed by atoms with Gasteiger partial charge in [0.15, 0.2) is 0 Å². The van der Waals surface area contributed by atoms with Gasteiger partial charge in [0.2, 0.25) is 0 Å². The van der Waals surface area contributed by atoms with Gasteiger partial charge < -0.3 is 25.2 Å². The van der Waals surface area contributed by atoms with Crippen molar-refractivity contribution in [2.75, 3.05) is 43.1 Å². The molecule has 0 saturated carbocycles. The minimum atomic E-state index is -0.218. The molecule has 3 aromatic rings. The summed E-state index contributed by atoms with van der Waals surface area (Å²) < 4.78 is 5.41. The molecule has 2 saturated heterocycles. The van der Waals surface area contributed by atoms with Crippen molar-refractivity contribution in [2.45, 2.75) is 43.7 Å². The lowest BCUT2D eigenvalue weighted by atomic mass is 9.91. The number of allylic oxidation sites excluding steroid dienone is 2. The Balaban J connectivity index is 1.05. The lowest BCUT2D eigenvalue weighted by molar-refractivity contribution is 0.0710. The number of ether oxygens (including phenoxy) is 1. The number of carbonyl (C=O) groups excluding carboxylic acids is 3. The van der Waals surface area contributed by atoms with Crippen LogP contribution in [0.25, 0.3) is 0 Å². The number of amides is 3. The molecule has 7 rings (SSSR count). The van der Waals surface area contributed by atoms with Crippen LogP contribution in [0.2, 0.25) is 0 Å². The van der Waals surface area contributed by atoms with Crippen molar-refractivity contribution in [1.29, 1.82) is 0 Å². The highest BCUT2D eigenvalue weighted by molar-refractivity contribution is 7.14. The predicted molar refractivity (Wildman–Crippen MR) is 171 cm³/mol. The van der Waals surface area contributed by atoms with Gasteiger partial charge in [0.25, 0.3) is 17.7 Å². The van der Waals surface area contributed by atoms with Crippen LogP contribution in [0.1, 0.15) is 66.0 Å². The molecule has 5 heterocycles. The van der Waals surface area contributed by atoms with Crippen LogP contribution in [-0.2, 0) is 11.2 Å². The third-order valence-electron chi connectivity index (χ3n) is 8.81. The number of carbonyl (C=O) groups is 3. The lowest BCUT2D eigenvalue weighted by Crippen LogP contribution is -2.42. The van der Waals surface area contributed by atoms with Crippen molar-refractivity contribution in [2.24, 2.45) is 0 Å². The Labute approximate surface area is 260 Å². The summed E-state index contributed by atoms with van der Waals surface area (Å²) >= 11 is 1.53. The molecule has 226 valence electrons. The molecule has 1 aliphatic carbocycles. The van der Waals surface area contributed by atoms with Crippen LogP contribution in [0.3, 0.4) is 0 Å². The van der Waals surface area contributed by atoms with E-state index >= 15 is 0 Å². The Bertz CT molecular complexity index is 1620. The van der Waals surface area contributed by atoms with E-state index in [1.807, 2.05) is 23.1 Å². The monoisotopic (exact) mass is 609 g/mol. The van der Waals surface area contributed by atoms with Crippen LogP contribution in [0.15, 0.2) is 73.0 Å². The van der Waals surface area contributed by atoms with Gasteiger partial charge in [-0.25, -0.2) is 4.98 Å². The highest BCUT2D eigenvalue weighted by atomic mass is 32.1. The smallest absolute Gasteiger partial charge is 0.261 e. The number of anilines is 2. The Morgan fingerprint density at radius 3 is 2.59 bits per heavy atom. The molecule has 0 radical (unpaired) electrons. The number of rotatable bonds is 6. The lowest BCUT2D eigenvalue weighted by Gasteiger charge is -2.33. The fourth-order valence-electron chi connectivity index (χ4n) is 6.52. The summed E-state index contributed by atoms with van der Waals surface area (Å²) in [7, 11) is 0. The summed E-state index contributed by atoms with van der Waals surface area (Å²) in [5.74, 6) is 0.358. The van der Waals surface area contributed by atoms with Crippen molar-refractivity contribution in [1.82, 2.24) is 15.2 Å². The molecule has 3 atom stereocenters. The quantitative estimate of drug-likeness (QED) is 0.417. The van der Waals surface area contributed by atoms with E-state index in [0.717, 1.165) is 42.8 Å². The second-order valence-electron chi connectivity index (χ2n) is 11.7. The number of hydrogen-bond acceptors (Lipinski definition) is 7. The number of fused-ring (bicyclic) bond motifs is 3. The minimum Gasteiger partial charge on any atom is -0.379 e. The van der Waals surface area contributed by atoms with Gasteiger partial charge in [-0.1, -0.05) is 24.3 Å². The van der Waals surface area contributed by atoms with Gasteiger partial charge in [-0.15, -0.1) is 11.3 Å². The zero-order valence-corrected chi connectivity index (χ0v) is 25.2. The van der Waals surface area contributed by atoms with Gasteiger partial charge in [-0.2, -0.15) is 0 Å². The molecule has 1 aromatic carbocycles. The number of thiophene rings is 1. The van der Waals surface area contributed by atoms with Gasteiger partial charge in [0, 0.05) is 54.5 Å². The van der Waals surface area contributed by atoms with Crippen molar-refractivity contribution < 1.29 is 19.1 Å². The van der Waals surface area contributed by atoms with Crippen molar-refractivity contribution in [3.05, 3.63) is 99.4 Å². The average Bonchev–Trinajstić information content (AvgIpc) is 3.84. The fraction of sp³-hybridized carbons (Fsp3) is 0.353. The number of benzene rings is 1. The molecule has 2 unspecified atom stereocenters. The Kier molecular flexibility index (Phi) is 8.01. The fourth-order valence-corrected chi connectivity index (χ4v) is 7.75. The second kappa shape index (κ2) is 12.4. The number of nitrogens with one attached hydrogen (secondary N) is 2. The summed E-state index contributed by atoms with van der Waals surface area (Å²) in [6.45, 7) is 3.58. The van der Waals surface area contributed by atoms with E-state index in [1.165, 1.54) is 11.3 Å². The van der Waals surface area contributed by atoms with Gasteiger partial charge in [-0.05, 0) is 73.7 Å². The molecule has 2 N–H and O–H groups in total.